The summed E-state index contributed by atoms with van der Waals surface area (Å²) < 4.78 is 0.592. The molecule has 0 amide bonds. The third-order valence-corrected chi connectivity index (χ3v) is 7.24. The van der Waals surface area contributed by atoms with Crippen molar-refractivity contribution in [2.75, 3.05) is 0 Å². The minimum atomic E-state index is -1.00. The van der Waals surface area contributed by atoms with Crippen molar-refractivity contribution < 1.29 is 29.7 Å². The van der Waals surface area contributed by atoms with Gasteiger partial charge in [-0.05, 0) is 77.8 Å². The summed E-state index contributed by atoms with van der Waals surface area (Å²) in [4.78, 5) is 37.5. The maximum atomic E-state index is 13.3. The van der Waals surface area contributed by atoms with Crippen LogP contribution in [-0.2, 0) is 27.2 Å². The quantitative estimate of drug-likeness (QED) is 0.416. The number of aliphatic hydroxyl groups excluding tert-OH is 2. The molecule has 1 fully saturated rings. The topological polar surface area (TPSA) is 112 Å². The van der Waals surface area contributed by atoms with Crippen LogP contribution in [0.5, 0.6) is 5.75 Å². The first-order chi connectivity index (χ1) is 13.7. The Hall–Kier alpha value is -2.16. The van der Waals surface area contributed by atoms with Gasteiger partial charge in [0.1, 0.15) is 17.3 Å². The van der Waals surface area contributed by atoms with E-state index in [1.807, 2.05) is 35.6 Å². The molecule has 0 saturated heterocycles. The molecule has 0 aromatic heterocycles. The molecule has 3 unspecified atom stereocenters. The van der Waals surface area contributed by atoms with Crippen molar-refractivity contribution in [3.63, 3.8) is 0 Å². The first kappa shape index (κ1) is 20.1. The van der Waals surface area contributed by atoms with E-state index < -0.39 is 34.9 Å². The number of aryl methyl sites for hydroxylation is 1. The number of ketones is 3. The molecule has 0 radical (unpaired) electrons. The first-order valence-corrected chi connectivity index (χ1v) is 10.7. The summed E-state index contributed by atoms with van der Waals surface area (Å²) in [5.41, 5.74) is 1.99. The van der Waals surface area contributed by atoms with E-state index in [0.717, 1.165) is 17.5 Å². The Kier molecular flexibility index (Phi) is 4.83. The van der Waals surface area contributed by atoms with E-state index >= 15 is 0 Å². The van der Waals surface area contributed by atoms with Crippen molar-refractivity contribution in [1.82, 2.24) is 0 Å². The number of Topliss-reactive ketones (excluding diaryl/α,β-unsaturated/α-hetero) is 3. The molecule has 0 heterocycles. The number of hydrogen-bond donors (Lipinski definition) is 3. The van der Waals surface area contributed by atoms with Crippen LogP contribution in [0.15, 0.2) is 23.0 Å². The molecular weight excluding hydrogens is 487 g/mol. The minimum absolute atomic E-state index is 0.0331. The van der Waals surface area contributed by atoms with Crippen molar-refractivity contribution in [1.29, 1.82) is 0 Å². The molecule has 7 heteroatoms. The zero-order valence-corrected chi connectivity index (χ0v) is 18.2. The number of hydrogen-bond acceptors (Lipinski definition) is 6. The number of halogens is 1. The molecule has 0 aliphatic heterocycles. The first-order valence-electron chi connectivity index (χ1n) is 9.65. The zero-order chi connectivity index (χ0) is 21.2. The van der Waals surface area contributed by atoms with E-state index in [-0.39, 0.29) is 40.6 Å². The number of carbonyl (C=O) groups is 3. The molecule has 3 aliphatic rings. The van der Waals surface area contributed by atoms with Crippen LogP contribution in [-0.4, -0.2) is 32.7 Å². The van der Waals surface area contributed by atoms with Crippen LogP contribution < -0.4 is 0 Å². The normalized spacial score (nSPS) is 26.2. The monoisotopic (exact) mass is 508 g/mol. The number of aromatic hydroxyl groups is 1. The molecule has 1 aromatic rings. The molecule has 6 nitrogen and oxygen atoms in total. The van der Waals surface area contributed by atoms with Gasteiger partial charge in [0.05, 0.1) is 20.6 Å². The van der Waals surface area contributed by atoms with Gasteiger partial charge in [-0.2, -0.15) is 0 Å². The predicted molar refractivity (Wildman–Crippen MR) is 114 cm³/mol. The molecule has 0 bridgehead atoms. The number of benzene rings is 1. The van der Waals surface area contributed by atoms with Gasteiger partial charge < -0.3 is 15.3 Å². The van der Waals surface area contributed by atoms with E-state index in [2.05, 4.69) is 0 Å². The van der Waals surface area contributed by atoms with Crippen LogP contribution in [0.3, 0.4) is 0 Å². The van der Waals surface area contributed by atoms with Gasteiger partial charge in [-0.15, -0.1) is 0 Å². The maximum Gasteiger partial charge on any atom is 0.173 e. The predicted octanol–water partition coefficient (Wildman–Crippen LogP) is 3.58. The smallest absolute Gasteiger partial charge is 0.173 e. The fraction of sp³-hybridized carbons (Fsp3) is 0.409. The highest BCUT2D eigenvalue weighted by molar-refractivity contribution is 14.1. The summed E-state index contributed by atoms with van der Waals surface area (Å²) in [6, 6.07) is 1.89. The lowest BCUT2D eigenvalue weighted by Gasteiger charge is -2.41. The Morgan fingerprint density at radius 1 is 1.21 bits per heavy atom. The van der Waals surface area contributed by atoms with Crippen molar-refractivity contribution in [3.05, 3.63) is 43.2 Å². The molecule has 152 valence electrons. The van der Waals surface area contributed by atoms with Gasteiger partial charge in [0, 0.05) is 12.0 Å². The Bertz CT molecular complexity index is 1050. The summed E-state index contributed by atoms with van der Waals surface area (Å²) in [6.45, 7) is 3.19. The molecular formula is C22H21IO6. The van der Waals surface area contributed by atoms with Crippen molar-refractivity contribution in [2.24, 2.45) is 17.8 Å². The highest BCUT2D eigenvalue weighted by Gasteiger charge is 2.50. The second-order valence-electron chi connectivity index (χ2n) is 8.02. The van der Waals surface area contributed by atoms with Crippen LogP contribution in [0.1, 0.15) is 43.4 Å². The number of allylic oxidation sites excluding steroid dienone is 3. The average molecular weight is 508 g/mol. The number of phenols is 1. The summed E-state index contributed by atoms with van der Waals surface area (Å²) in [5.74, 6) is -3.94. The van der Waals surface area contributed by atoms with E-state index in [9.17, 15) is 29.7 Å². The summed E-state index contributed by atoms with van der Waals surface area (Å²) in [7, 11) is 0. The molecule has 4 rings (SSSR count). The average Bonchev–Trinajstić information content (AvgIpc) is 2.63. The molecule has 3 N–H and O–H groups in total. The van der Waals surface area contributed by atoms with Crippen LogP contribution in [0.25, 0.3) is 5.76 Å². The largest absolute Gasteiger partial charge is 0.511 e. The summed E-state index contributed by atoms with van der Waals surface area (Å²) in [6.07, 6.45) is 1.69. The second-order valence-corrected chi connectivity index (χ2v) is 9.18. The maximum absolute atomic E-state index is 13.3. The summed E-state index contributed by atoms with van der Waals surface area (Å²) >= 11 is 2.00. The fourth-order valence-electron chi connectivity index (χ4n) is 5.18. The van der Waals surface area contributed by atoms with Gasteiger partial charge >= 0.3 is 0 Å². The van der Waals surface area contributed by atoms with Gasteiger partial charge in [-0.1, -0.05) is 6.92 Å². The third-order valence-electron chi connectivity index (χ3n) is 6.42. The third kappa shape index (κ3) is 2.85. The Labute approximate surface area is 181 Å². The van der Waals surface area contributed by atoms with Gasteiger partial charge in [-0.25, -0.2) is 0 Å². The highest BCUT2D eigenvalue weighted by atomic mass is 127. The SMILES string of the molecule is CCc1cc(I)c(O)c2c1CC1CC3CC(=O)C(C(C)=O)=C(O)C3C(=O)C1=C2O. The van der Waals surface area contributed by atoms with Crippen LogP contribution in [0, 0.1) is 21.3 Å². The van der Waals surface area contributed by atoms with Crippen LogP contribution in [0.2, 0.25) is 0 Å². The number of fused-ring (bicyclic) bond motifs is 3. The van der Waals surface area contributed by atoms with Gasteiger partial charge in [0.25, 0.3) is 0 Å². The second kappa shape index (κ2) is 6.97. The van der Waals surface area contributed by atoms with E-state index in [4.69, 9.17) is 0 Å². The number of phenolic OH excluding ortho intramolecular Hbond substituents is 1. The van der Waals surface area contributed by atoms with Gasteiger partial charge in [0.2, 0.25) is 0 Å². The molecule has 29 heavy (non-hydrogen) atoms. The Morgan fingerprint density at radius 3 is 2.52 bits per heavy atom. The Balaban J connectivity index is 1.91. The van der Waals surface area contributed by atoms with E-state index in [1.54, 1.807) is 0 Å². The summed E-state index contributed by atoms with van der Waals surface area (Å²) in [5, 5.41) is 32.2. The van der Waals surface area contributed by atoms with Gasteiger partial charge in [-0.3, -0.25) is 14.4 Å². The molecule has 3 aliphatic carbocycles. The number of aliphatic hydroxyl groups is 2. The van der Waals surface area contributed by atoms with E-state index in [0.29, 0.717) is 16.4 Å². The van der Waals surface area contributed by atoms with Crippen molar-refractivity contribution in [3.8, 4) is 5.75 Å². The van der Waals surface area contributed by atoms with E-state index in [1.165, 1.54) is 6.92 Å². The molecule has 1 saturated carbocycles. The fourth-order valence-corrected chi connectivity index (χ4v) is 5.82. The lowest BCUT2D eigenvalue weighted by atomic mass is 9.61. The highest BCUT2D eigenvalue weighted by Crippen LogP contribution is 2.51. The molecule has 0 spiro atoms. The van der Waals surface area contributed by atoms with Crippen LogP contribution >= 0.6 is 22.6 Å². The van der Waals surface area contributed by atoms with Crippen molar-refractivity contribution >= 4 is 45.7 Å². The lowest BCUT2D eigenvalue weighted by Crippen LogP contribution is -2.43. The van der Waals surface area contributed by atoms with Crippen molar-refractivity contribution in [2.45, 2.75) is 39.5 Å². The number of rotatable bonds is 2. The molecule has 3 atom stereocenters. The Morgan fingerprint density at radius 2 is 1.90 bits per heavy atom. The molecule has 1 aromatic carbocycles. The zero-order valence-electron chi connectivity index (χ0n) is 16.1. The number of carbonyl (C=O) groups excluding carboxylic acids is 3. The van der Waals surface area contributed by atoms with Crippen LogP contribution in [0.4, 0.5) is 0 Å². The minimum Gasteiger partial charge on any atom is -0.511 e. The standard InChI is InChI=1S/C22H21IO6/c1-3-9-6-13(23)19(26)18-12(9)5-10-4-11-7-14(25)15(8(2)24)20(27)17(11)21(28)16(10)22(18)29/h6,10-11,17,26-27,29H,3-5,7H2,1-2H3. The van der Waals surface area contributed by atoms with Gasteiger partial charge in [0.15, 0.2) is 17.3 Å². The lowest BCUT2D eigenvalue weighted by molar-refractivity contribution is -0.127.